The monoisotopic (exact) mass is 324 g/mol. The lowest BCUT2D eigenvalue weighted by Gasteiger charge is -2.07. The third kappa shape index (κ3) is 3.56. The number of fused-ring (bicyclic) bond motifs is 1. The Morgan fingerprint density at radius 1 is 1.17 bits per heavy atom. The fourth-order valence-electron chi connectivity index (χ4n) is 2.38. The minimum atomic E-state index is -0.204. The Bertz CT molecular complexity index is 853. The van der Waals surface area contributed by atoms with Crippen LogP contribution >= 0.6 is 0 Å². The number of nitrogens with zero attached hydrogens (tertiary/aromatic N) is 5. The van der Waals surface area contributed by atoms with Crippen LogP contribution in [0.4, 0.5) is 0 Å². The maximum Gasteiger partial charge on any atom is 0.253 e. The number of amides is 1. The highest BCUT2D eigenvalue weighted by Crippen LogP contribution is 2.13. The number of carbonyl (C=O) groups excluding carboxylic acids is 1. The molecule has 0 atom stereocenters. The molecule has 24 heavy (non-hydrogen) atoms. The van der Waals surface area contributed by atoms with Crippen LogP contribution in [0.2, 0.25) is 0 Å². The van der Waals surface area contributed by atoms with Gasteiger partial charge >= 0.3 is 0 Å². The van der Waals surface area contributed by atoms with Crippen molar-refractivity contribution in [3.8, 4) is 0 Å². The maximum absolute atomic E-state index is 12.3. The van der Waals surface area contributed by atoms with Crippen molar-refractivity contribution in [3.63, 3.8) is 0 Å². The van der Waals surface area contributed by atoms with Gasteiger partial charge in [0, 0.05) is 18.9 Å². The predicted molar refractivity (Wildman–Crippen MR) is 90.3 cm³/mol. The lowest BCUT2D eigenvalue weighted by molar-refractivity contribution is 0.0950. The molecule has 3 aromatic rings. The molecule has 1 N–H and O–H groups in total. The first-order valence-electron chi connectivity index (χ1n) is 7.89. The summed E-state index contributed by atoms with van der Waals surface area (Å²) < 4.78 is 2.00. The van der Waals surface area contributed by atoms with Crippen molar-refractivity contribution in [3.05, 3.63) is 47.9 Å². The molecule has 0 aliphatic carbocycles. The average Bonchev–Trinajstić information content (AvgIpc) is 2.95. The quantitative estimate of drug-likeness (QED) is 0.777. The molecule has 7 heteroatoms. The SMILES string of the molecule is Cc1cnc(CNC(=O)c2cnc3c(c2)ncn3CC(C)C)cn1. The van der Waals surface area contributed by atoms with Crippen LogP contribution in [0.3, 0.4) is 0 Å². The molecular formula is C17H20N6O. The van der Waals surface area contributed by atoms with Gasteiger partial charge in [0.05, 0.1) is 36.0 Å². The first kappa shape index (κ1) is 16.0. The molecule has 0 spiro atoms. The number of rotatable bonds is 5. The van der Waals surface area contributed by atoms with E-state index >= 15 is 0 Å². The molecule has 0 aliphatic rings. The molecule has 7 nitrogen and oxygen atoms in total. The second kappa shape index (κ2) is 6.74. The summed E-state index contributed by atoms with van der Waals surface area (Å²) in [7, 11) is 0. The van der Waals surface area contributed by atoms with Crippen molar-refractivity contribution in [1.82, 2.24) is 29.8 Å². The zero-order valence-corrected chi connectivity index (χ0v) is 14.0. The minimum Gasteiger partial charge on any atom is -0.346 e. The van der Waals surface area contributed by atoms with E-state index in [9.17, 15) is 4.79 Å². The molecule has 0 radical (unpaired) electrons. The van der Waals surface area contributed by atoms with Crippen molar-refractivity contribution in [1.29, 1.82) is 0 Å². The maximum atomic E-state index is 12.3. The fraction of sp³-hybridized carbons (Fsp3) is 0.353. The Morgan fingerprint density at radius 3 is 2.71 bits per heavy atom. The van der Waals surface area contributed by atoms with Crippen molar-refractivity contribution in [2.24, 2.45) is 5.92 Å². The minimum absolute atomic E-state index is 0.204. The van der Waals surface area contributed by atoms with E-state index in [2.05, 4.69) is 39.1 Å². The number of imidazole rings is 1. The van der Waals surface area contributed by atoms with Crippen LogP contribution in [0.15, 0.2) is 31.0 Å². The normalized spacial score (nSPS) is 11.2. The molecule has 0 bridgehead atoms. The number of aryl methyl sites for hydroxylation is 1. The van der Waals surface area contributed by atoms with Gasteiger partial charge in [-0.3, -0.25) is 14.8 Å². The molecule has 0 unspecified atom stereocenters. The van der Waals surface area contributed by atoms with Crippen LogP contribution in [-0.4, -0.2) is 30.4 Å². The summed E-state index contributed by atoms with van der Waals surface area (Å²) in [6.45, 7) is 7.32. The lowest BCUT2D eigenvalue weighted by atomic mass is 10.2. The molecule has 1 amide bonds. The molecule has 0 saturated heterocycles. The summed E-state index contributed by atoms with van der Waals surface area (Å²) in [6.07, 6.45) is 6.68. The number of hydrogen-bond donors (Lipinski definition) is 1. The summed E-state index contributed by atoms with van der Waals surface area (Å²) in [6, 6.07) is 1.76. The van der Waals surface area contributed by atoms with Crippen molar-refractivity contribution < 1.29 is 4.79 Å². The summed E-state index contributed by atoms with van der Waals surface area (Å²) in [5.74, 6) is 0.299. The molecule has 0 aliphatic heterocycles. The highest BCUT2D eigenvalue weighted by molar-refractivity contribution is 5.96. The Balaban J connectivity index is 1.71. The Hall–Kier alpha value is -2.83. The van der Waals surface area contributed by atoms with Crippen molar-refractivity contribution in [2.75, 3.05) is 0 Å². The van der Waals surface area contributed by atoms with Gasteiger partial charge in [0.25, 0.3) is 5.91 Å². The van der Waals surface area contributed by atoms with E-state index in [1.807, 2.05) is 11.5 Å². The topological polar surface area (TPSA) is 85.6 Å². The fourth-order valence-corrected chi connectivity index (χ4v) is 2.38. The van der Waals surface area contributed by atoms with Gasteiger partial charge in [-0.05, 0) is 18.9 Å². The third-order valence-corrected chi connectivity index (χ3v) is 3.54. The highest BCUT2D eigenvalue weighted by Gasteiger charge is 2.11. The molecule has 3 aromatic heterocycles. The van der Waals surface area contributed by atoms with E-state index in [1.165, 1.54) is 0 Å². The van der Waals surface area contributed by atoms with Crippen LogP contribution in [0.25, 0.3) is 11.2 Å². The average molecular weight is 324 g/mol. The molecule has 3 rings (SSSR count). The molecule has 0 aromatic carbocycles. The van der Waals surface area contributed by atoms with Crippen molar-refractivity contribution >= 4 is 17.1 Å². The second-order valence-electron chi connectivity index (χ2n) is 6.19. The van der Waals surface area contributed by atoms with Crippen LogP contribution in [0.1, 0.15) is 35.6 Å². The summed E-state index contributed by atoms with van der Waals surface area (Å²) >= 11 is 0. The first-order valence-corrected chi connectivity index (χ1v) is 7.89. The van der Waals surface area contributed by atoms with Gasteiger partial charge in [-0.25, -0.2) is 9.97 Å². The number of hydrogen-bond acceptors (Lipinski definition) is 5. The van der Waals surface area contributed by atoms with Gasteiger partial charge in [0.2, 0.25) is 0 Å². The van der Waals surface area contributed by atoms with Crippen LogP contribution in [0, 0.1) is 12.8 Å². The van der Waals surface area contributed by atoms with E-state index in [0.717, 1.165) is 23.4 Å². The van der Waals surface area contributed by atoms with E-state index in [4.69, 9.17) is 0 Å². The second-order valence-corrected chi connectivity index (χ2v) is 6.19. The third-order valence-electron chi connectivity index (χ3n) is 3.54. The number of pyridine rings is 1. The Labute approximate surface area is 140 Å². The predicted octanol–water partition coefficient (Wildman–Crippen LogP) is 2.12. The van der Waals surface area contributed by atoms with Gasteiger partial charge in [-0.1, -0.05) is 13.8 Å². The van der Waals surface area contributed by atoms with Crippen molar-refractivity contribution in [2.45, 2.75) is 33.9 Å². The Morgan fingerprint density at radius 2 is 2.00 bits per heavy atom. The first-order chi connectivity index (χ1) is 11.5. The standard InChI is InChI=1S/C17H20N6O/c1-11(2)9-23-10-22-15-4-13(6-20-16(15)23)17(24)21-8-14-7-18-12(3)5-19-14/h4-7,10-11H,8-9H2,1-3H3,(H,21,24). The summed E-state index contributed by atoms with van der Waals surface area (Å²) in [5, 5.41) is 2.82. The zero-order valence-electron chi connectivity index (χ0n) is 14.0. The molecule has 3 heterocycles. The van der Waals surface area contributed by atoms with E-state index in [0.29, 0.717) is 23.7 Å². The Kier molecular flexibility index (Phi) is 4.50. The number of aromatic nitrogens is 5. The van der Waals surface area contributed by atoms with Gasteiger partial charge in [-0.2, -0.15) is 0 Å². The summed E-state index contributed by atoms with van der Waals surface area (Å²) in [5.41, 5.74) is 3.56. The summed E-state index contributed by atoms with van der Waals surface area (Å²) in [4.78, 5) is 29.4. The van der Waals surface area contributed by atoms with Crippen LogP contribution in [-0.2, 0) is 13.1 Å². The van der Waals surface area contributed by atoms with Gasteiger partial charge in [0.15, 0.2) is 5.65 Å². The zero-order chi connectivity index (χ0) is 17.1. The van der Waals surface area contributed by atoms with Gasteiger partial charge < -0.3 is 9.88 Å². The highest BCUT2D eigenvalue weighted by atomic mass is 16.1. The molecular weight excluding hydrogens is 304 g/mol. The molecule has 0 saturated carbocycles. The van der Waals surface area contributed by atoms with E-state index < -0.39 is 0 Å². The number of carbonyl (C=O) groups is 1. The van der Waals surface area contributed by atoms with Crippen LogP contribution in [0.5, 0.6) is 0 Å². The lowest BCUT2D eigenvalue weighted by Crippen LogP contribution is -2.23. The smallest absolute Gasteiger partial charge is 0.253 e. The number of nitrogens with one attached hydrogen (secondary N) is 1. The van der Waals surface area contributed by atoms with Gasteiger partial charge in [-0.15, -0.1) is 0 Å². The van der Waals surface area contributed by atoms with Crippen LogP contribution < -0.4 is 5.32 Å². The van der Waals surface area contributed by atoms with Gasteiger partial charge in [0.1, 0.15) is 5.52 Å². The largest absolute Gasteiger partial charge is 0.346 e. The van der Waals surface area contributed by atoms with E-state index in [-0.39, 0.29) is 5.91 Å². The molecule has 124 valence electrons. The molecule has 0 fully saturated rings. The van der Waals surface area contributed by atoms with E-state index in [1.54, 1.807) is 31.0 Å².